The molecule has 2 heterocycles. The van der Waals surface area contributed by atoms with Gasteiger partial charge in [-0.2, -0.15) is 4.98 Å². The summed E-state index contributed by atoms with van der Waals surface area (Å²) in [5, 5.41) is 0.00155. The maximum Gasteiger partial charge on any atom is 0.356 e. The summed E-state index contributed by atoms with van der Waals surface area (Å²) in [6, 6.07) is 0. The van der Waals surface area contributed by atoms with Crippen LogP contribution < -0.4 is 11.3 Å². The van der Waals surface area contributed by atoms with Gasteiger partial charge in [-0.3, -0.25) is 23.9 Å². The Labute approximate surface area is 224 Å². The minimum atomic E-state index is -3.68. The molecular formula is C22H36N5O7PS2. The smallest absolute Gasteiger partial charge is 0.356 e. The van der Waals surface area contributed by atoms with Gasteiger partial charge in [-0.05, 0) is 0 Å². The van der Waals surface area contributed by atoms with Crippen molar-refractivity contribution in [2.45, 2.75) is 48.1 Å². The molecule has 0 unspecified atom stereocenters. The number of nitrogens with one attached hydrogen (secondary N) is 1. The lowest BCUT2D eigenvalue weighted by Crippen LogP contribution is -2.18. The van der Waals surface area contributed by atoms with Crippen molar-refractivity contribution in [3.05, 3.63) is 16.7 Å². The molecule has 0 saturated carbocycles. The Hall–Kier alpha value is -1.70. The topological polar surface area (TPSA) is 168 Å². The molecule has 0 fully saturated rings. The highest BCUT2D eigenvalue weighted by Crippen LogP contribution is 2.48. The highest BCUT2D eigenvalue weighted by molar-refractivity contribution is 8.14. The zero-order valence-electron chi connectivity index (χ0n) is 22.1. The van der Waals surface area contributed by atoms with E-state index < -0.39 is 24.0 Å². The van der Waals surface area contributed by atoms with Crippen LogP contribution in [-0.2, 0) is 34.5 Å². The second kappa shape index (κ2) is 13.4. The van der Waals surface area contributed by atoms with Gasteiger partial charge in [-0.1, -0.05) is 65.1 Å². The summed E-state index contributed by atoms with van der Waals surface area (Å²) in [5.41, 5.74) is 4.63. The van der Waals surface area contributed by atoms with Crippen LogP contribution in [0.15, 0.2) is 11.1 Å². The Morgan fingerprint density at radius 2 is 1.57 bits per heavy atom. The molecule has 0 aliphatic rings. The molecule has 0 spiro atoms. The van der Waals surface area contributed by atoms with Gasteiger partial charge in [0, 0.05) is 28.9 Å². The minimum Gasteiger partial charge on any atom is -0.369 e. The van der Waals surface area contributed by atoms with Crippen molar-refractivity contribution in [2.75, 3.05) is 43.4 Å². The third kappa shape index (κ3) is 10.2. The number of carbonyl (C=O) groups is 2. The van der Waals surface area contributed by atoms with Crippen molar-refractivity contribution in [1.29, 1.82) is 0 Å². The zero-order valence-corrected chi connectivity index (χ0v) is 24.6. The Bertz CT molecular complexity index is 1150. The summed E-state index contributed by atoms with van der Waals surface area (Å²) in [7, 11) is -3.68. The van der Waals surface area contributed by atoms with E-state index in [1.165, 1.54) is 6.33 Å². The number of nitrogens with zero attached hydrogens (tertiary/aromatic N) is 3. The largest absolute Gasteiger partial charge is 0.369 e. The van der Waals surface area contributed by atoms with Crippen LogP contribution in [0.2, 0.25) is 0 Å². The quantitative estimate of drug-likeness (QED) is 0.263. The van der Waals surface area contributed by atoms with Crippen LogP contribution in [0.1, 0.15) is 41.5 Å². The SMILES string of the molecule is CC(C)(C)C(=O)SCCOP(=O)(COCCn1cnc2c(=O)[nH]c(N)nc21)OCCSC(=O)C(C)(C)C. The molecule has 0 saturated heterocycles. The number of ether oxygens (including phenoxy) is 1. The fraction of sp³-hybridized carbons (Fsp3) is 0.682. The molecule has 2 rings (SSSR count). The number of anilines is 1. The highest BCUT2D eigenvalue weighted by Gasteiger charge is 2.27. The summed E-state index contributed by atoms with van der Waals surface area (Å²) in [5.74, 6) is 0.587. The molecule has 2 aromatic rings. The maximum absolute atomic E-state index is 13.3. The molecule has 15 heteroatoms. The van der Waals surface area contributed by atoms with Crippen LogP contribution in [0.5, 0.6) is 0 Å². The molecule has 0 aliphatic heterocycles. The normalized spacial score (nSPS) is 12.8. The first-order valence-corrected chi connectivity index (χ1v) is 15.3. The number of aromatic nitrogens is 4. The minimum absolute atomic E-state index is 0.000773. The first-order valence-electron chi connectivity index (χ1n) is 11.6. The Kier molecular flexibility index (Phi) is 11.4. The molecule has 0 aliphatic carbocycles. The van der Waals surface area contributed by atoms with Crippen LogP contribution in [0.25, 0.3) is 11.2 Å². The van der Waals surface area contributed by atoms with Gasteiger partial charge in [0.05, 0.1) is 26.1 Å². The second-order valence-corrected chi connectivity index (χ2v) is 14.3. The van der Waals surface area contributed by atoms with E-state index in [0.29, 0.717) is 17.2 Å². The van der Waals surface area contributed by atoms with Crippen molar-refractivity contribution in [2.24, 2.45) is 10.8 Å². The molecule has 0 radical (unpaired) electrons. The van der Waals surface area contributed by atoms with Gasteiger partial charge < -0.3 is 24.1 Å². The number of carbonyl (C=O) groups excluding carboxylic acids is 2. The van der Waals surface area contributed by atoms with Gasteiger partial charge >= 0.3 is 7.60 Å². The monoisotopic (exact) mass is 577 g/mol. The van der Waals surface area contributed by atoms with E-state index in [2.05, 4.69) is 15.0 Å². The van der Waals surface area contributed by atoms with Gasteiger partial charge in [0.1, 0.15) is 6.35 Å². The average Bonchev–Trinajstić information content (AvgIpc) is 3.19. The number of aromatic amines is 1. The number of hydrogen-bond acceptors (Lipinski definition) is 12. The first-order chi connectivity index (χ1) is 17.1. The number of fused-ring (bicyclic) bond motifs is 1. The van der Waals surface area contributed by atoms with Crippen LogP contribution >= 0.6 is 31.1 Å². The fourth-order valence-electron chi connectivity index (χ4n) is 2.64. The van der Waals surface area contributed by atoms with E-state index in [1.807, 2.05) is 41.5 Å². The second-order valence-electron chi connectivity index (χ2n) is 10.1. The number of imidazole rings is 1. The third-order valence-electron chi connectivity index (χ3n) is 4.65. The van der Waals surface area contributed by atoms with Crippen LogP contribution in [-0.4, -0.2) is 67.4 Å². The van der Waals surface area contributed by atoms with Gasteiger partial charge in [-0.15, -0.1) is 0 Å². The summed E-state index contributed by atoms with van der Waals surface area (Å²) in [6.07, 6.45) is 1.11. The molecular weight excluding hydrogens is 541 g/mol. The van der Waals surface area contributed by atoms with Crippen molar-refractivity contribution in [3.63, 3.8) is 0 Å². The molecule has 3 N–H and O–H groups in total. The number of nitrogens with two attached hydrogens (primary N) is 1. The van der Waals surface area contributed by atoms with E-state index in [1.54, 1.807) is 4.57 Å². The van der Waals surface area contributed by atoms with Gasteiger partial charge in [0.25, 0.3) is 5.56 Å². The summed E-state index contributed by atoms with van der Waals surface area (Å²) >= 11 is 2.21. The number of H-pyrrole nitrogens is 1. The summed E-state index contributed by atoms with van der Waals surface area (Å²) in [4.78, 5) is 46.6. The van der Waals surface area contributed by atoms with Crippen molar-refractivity contribution >= 4 is 58.5 Å². The van der Waals surface area contributed by atoms with Crippen LogP contribution in [0.4, 0.5) is 5.95 Å². The summed E-state index contributed by atoms with van der Waals surface area (Å²) in [6.45, 7) is 11.4. The molecule has 12 nitrogen and oxygen atoms in total. The van der Waals surface area contributed by atoms with E-state index in [9.17, 15) is 18.9 Å². The summed E-state index contributed by atoms with van der Waals surface area (Å²) < 4.78 is 31.6. The van der Waals surface area contributed by atoms with E-state index in [4.69, 9.17) is 19.5 Å². The molecule has 37 heavy (non-hydrogen) atoms. The Morgan fingerprint density at radius 1 is 1.03 bits per heavy atom. The Morgan fingerprint density at radius 3 is 2.08 bits per heavy atom. The van der Waals surface area contributed by atoms with Crippen molar-refractivity contribution in [3.8, 4) is 0 Å². The highest BCUT2D eigenvalue weighted by atomic mass is 32.2. The lowest BCUT2D eigenvalue weighted by molar-refractivity contribution is -0.118. The van der Waals surface area contributed by atoms with E-state index >= 15 is 0 Å². The van der Waals surface area contributed by atoms with Crippen molar-refractivity contribution < 1.29 is 27.9 Å². The zero-order chi connectivity index (χ0) is 27.9. The Balaban J connectivity index is 1.92. The number of rotatable bonds is 13. The molecule has 0 bridgehead atoms. The predicted molar refractivity (Wildman–Crippen MR) is 147 cm³/mol. The first kappa shape index (κ1) is 31.5. The lowest BCUT2D eigenvalue weighted by Gasteiger charge is -2.20. The number of thioether (sulfide) groups is 2. The molecule has 0 amide bonds. The maximum atomic E-state index is 13.3. The van der Waals surface area contributed by atoms with E-state index in [0.717, 1.165) is 23.5 Å². The number of hydrogen-bond donors (Lipinski definition) is 2. The third-order valence-corrected chi connectivity index (χ3v) is 8.79. The van der Waals surface area contributed by atoms with Crippen LogP contribution in [0.3, 0.4) is 0 Å². The van der Waals surface area contributed by atoms with Gasteiger partial charge in [0.2, 0.25) is 5.95 Å². The van der Waals surface area contributed by atoms with Crippen molar-refractivity contribution in [1.82, 2.24) is 19.5 Å². The predicted octanol–water partition coefficient (Wildman–Crippen LogP) is 3.51. The average molecular weight is 578 g/mol. The molecule has 0 aromatic carbocycles. The lowest BCUT2D eigenvalue weighted by atomic mass is 9.99. The van der Waals surface area contributed by atoms with Crippen LogP contribution in [0, 0.1) is 10.8 Å². The standard InChI is InChI=1S/C22H36N5O7PS2/c1-21(2,3)18(29)36-11-9-33-35(31,34-10-12-37-19(30)22(4,5)6)14-32-8-7-27-13-24-15-16(27)25-20(23)26-17(15)28/h13H,7-12,14H2,1-6H3,(H3,23,25,26,28). The van der Waals surface area contributed by atoms with Gasteiger partial charge in [0.15, 0.2) is 21.4 Å². The van der Waals surface area contributed by atoms with Gasteiger partial charge in [-0.25, -0.2) is 4.98 Å². The van der Waals surface area contributed by atoms with E-state index in [-0.39, 0.29) is 54.4 Å². The molecule has 208 valence electrons. The number of nitrogen functional groups attached to an aromatic ring is 1. The fourth-order valence-corrected chi connectivity index (χ4v) is 5.77. The molecule has 2 aromatic heterocycles. The molecule has 0 atom stereocenters.